The summed E-state index contributed by atoms with van der Waals surface area (Å²) in [6.07, 6.45) is 0. The fourth-order valence-electron chi connectivity index (χ4n) is 2.24. The van der Waals surface area contributed by atoms with Crippen LogP contribution < -0.4 is 10.6 Å². The van der Waals surface area contributed by atoms with Crippen LogP contribution in [0.5, 0.6) is 0 Å². The molecule has 0 bridgehead atoms. The second-order valence-electron chi connectivity index (χ2n) is 5.14. The highest BCUT2D eigenvalue weighted by Gasteiger charge is 2.11. The molecule has 24 heavy (non-hydrogen) atoms. The van der Waals surface area contributed by atoms with Gasteiger partial charge in [0, 0.05) is 4.47 Å². The number of aromatic nitrogens is 2. The van der Waals surface area contributed by atoms with E-state index < -0.39 is 0 Å². The monoisotopic (exact) mass is 386 g/mol. The van der Waals surface area contributed by atoms with E-state index in [0.717, 1.165) is 11.0 Å². The Hall–Kier alpha value is -2.67. The van der Waals surface area contributed by atoms with Crippen molar-refractivity contribution < 1.29 is 9.59 Å². The average molecular weight is 387 g/mol. The molecule has 3 N–H and O–H groups in total. The summed E-state index contributed by atoms with van der Waals surface area (Å²) in [5.74, 6) is 0.0823. The van der Waals surface area contributed by atoms with Gasteiger partial charge < -0.3 is 15.6 Å². The third-order valence-corrected chi connectivity index (χ3v) is 4.11. The number of amides is 2. The molecule has 3 aromatic rings. The summed E-state index contributed by atoms with van der Waals surface area (Å²) in [5, 5.41) is 5.31. The van der Waals surface area contributed by atoms with Gasteiger partial charge in [0.05, 0.1) is 29.7 Å². The van der Waals surface area contributed by atoms with Crippen LogP contribution in [0.1, 0.15) is 16.2 Å². The van der Waals surface area contributed by atoms with Crippen molar-refractivity contribution in [2.45, 2.75) is 6.54 Å². The third kappa shape index (κ3) is 3.80. The highest BCUT2D eigenvalue weighted by molar-refractivity contribution is 9.10. The Morgan fingerprint density at radius 3 is 2.58 bits per heavy atom. The number of hydrogen-bond acceptors (Lipinski definition) is 3. The van der Waals surface area contributed by atoms with Crippen molar-refractivity contribution in [1.29, 1.82) is 0 Å². The van der Waals surface area contributed by atoms with E-state index in [1.807, 2.05) is 30.3 Å². The number of halogens is 1. The van der Waals surface area contributed by atoms with Crippen LogP contribution in [0.3, 0.4) is 0 Å². The number of carbonyl (C=O) groups is 2. The normalized spacial score (nSPS) is 10.5. The van der Waals surface area contributed by atoms with Gasteiger partial charge in [-0.25, -0.2) is 4.98 Å². The zero-order valence-corrected chi connectivity index (χ0v) is 14.3. The molecule has 2 amide bonds. The molecule has 0 saturated heterocycles. The van der Waals surface area contributed by atoms with E-state index in [9.17, 15) is 9.59 Å². The maximum atomic E-state index is 12.0. The minimum atomic E-state index is -0.304. The molecule has 0 fully saturated rings. The zero-order valence-electron chi connectivity index (χ0n) is 12.7. The summed E-state index contributed by atoms with van der Waals surface area (Å²) in [6, 6.07) is 14.7. The van der Waals surface area contributed by atoms with Gasteiger partial charge in [-0.3, -0.25) is 9.59 Å². The average Bonchev–Trinajstić information content (AvgIpc) is 3.01. The molecule has 0 aliphatic carbocycles. The maximum absolute atomic E-state index is 12.0. The summed E-state index contributed by atoms with van der Waals surface area (Å²) in [5.41, 5.74) is 2.26. The van der Waals surface area contributed by atoms with E-state index >= 15 is 0 Å². The smallest absolute Gasteiger partial charge is 0.252 e. The van der Waals surface area contributed by atoms with Crippen LogP contribution >= 0.6 is 15.9 Å². The summed E-state index contributed by atoms with van der Waals surface area (Å²) < 4.78 is 0.685. The molecule has 0 radical (unpaired) electrons. The number of aromatic amines is 1. The topological polar surface area (TPSA) is 86.9 Å². The molecule has 2 aromatic carbocycles. The minimum absolute atomic E-state index is 0.0968. The Morgan fingerprint density at radius 2 is 1.79 bits per heavy atom. The van der Waals surface area contributed by atoms with Crippen molar-refractivity contribution in [2.75, 3.05) is 6.54 Å². The molecule has 122 valence electrons. The molecule has 0 aliphatic rings. The van der Waals surface area contributed by atoms with Gasteiger partial charge in [-0.2, -0.15) is 0 Å². The number of fused-ring (bicyclic) bond motifs is 1. The van der Waals surface area contributed by atoms with Gasteiger partial charge in [-0.1, -0.05) is 24.3 Å². The standard InChI is InChI=1S/C17H15BrN4O2/c18-12-6-2-1-5-11(12)17(24)20-10-16(23)19-9-15-21-13-7-3-4-8-14(13)22-15/h1-8H,9-10H2,(H,19,23)(H,20,24)(H,21,22). The number of nitrogens with zero attached hydrogens (tertiary/aromatic N) is 1. The molecule has 6 nitrogen and oxygen atoms in total. The highest BCUT2D eigenvalue weighted by atomic mass is 79.9. The Bertz CT molecular complexity index is 858. The van der Waals surface area contributed by atoms with Gasteiger partial charge in [-0.15, -0.1) is 0 Å². The minimum Gasteiger partial charge on any atom is -0.347 e. The molecule has 7 heteroatoms. The van der Waals surface area contributed by atoms with Crippen molar-refractivity contribution >= 4 is 38.8 Å². The SMILES string of the molecule is O=C(CNC(=O)c1ccccc1Br)NCc1nc2ccccc2[nH]1. The predicted molar refractivity (Wildman–Crippen MR) is 94.4 cm³/mol. The van der Waals surface area contributed by atoms with Crippen LogP contribution in [-0.4, -0.2) is 28.3 Å². The van der Waals surface area contributed by atoms with E-state index in [1.165, 1.54) is 0 Å². The van der Waals surface area contributed by atoms with Gasteiger partial charge in [0.25, 0.3) is 5.91 Å². The lowest BCUT2D eigenvalue weighted by Crippen LogP contribution is -2.36. The number of H-pyrrole nitrogens is 1. The van der Waals surface area contributed by atoms with E-state index in [1.54, 1.807) is 18.2 Å². The molecule has 0 saturated carbocycles. The van der Waals surface area contributed by atoms with Crippen molar-refractivity contribution in [1.82, 2.24) is 20.6 Å². The van der Waals surface area contributed by atoms with Crippen LogP contribution in [-0.2, 0) is 11.3 Å². The van der Waals surface area contributed by atoms with Crippen LogP contribution in [0.25, 0.3) is 11.0 Å². The van der Waals surface area contributed by atoms with Crippen molar-refractivity contribution in [2.24, 2.45) is 0 Å². The van der Waals surface area contributed by atoms with E-state index in [4.69, 9.17) is 0 Å². The highest BCUT2D eigenvalue weighted by Crippen LogP contribution is 2.15. The number of rotatable bonds is 5. The first-order valence-corrected chi connectivity index (χ1v) is 8.16. The fraction of sp³-hybridized carbons (Fsp3) is 0.118. The number of imidazole rings is 1. The number of carbonyl (C=O) groups excluding carboxylic acids is 2. The summed E-state index contributed by atoms with van der Waals surface area (Å²) in [4.78, 5) is 31.4. The van der Waals surface area contributed by atoms with Gasteiger partial charge in [0.15, 0.2) is 0 Å². The van der Waals surface area contributed by atoms with Crippen LogP contribution in [0.2, 0.25) is 0 Å². The van der Waals surface area contributed by atoms with E-state index in [0.29, 0.717) is 15.9 Å². The first-order chi connectivity index (χ1) is 11.6. The first kappa shape index (κ1) is 16.2. The molecule has 0 spiro atoms. The van der Waals surface area contributed by atoms with Crippen LogP contribution in [0, 0.1) is 0 Å². The summed E-state index contributed by atoms with van der Waals surface area (Å²) in [6.45, 7) is 0.179. The van der Waals surface area contributed by atoms with Gasteiger partial charge in [-0.05, 0) is 40.2 Å². The summed E-state index contributed by atoms with van der Waals surface area (Å²) in [7, 11) is 0. The molecule has 3 rings (SSSR count). The third-order valence-electron chi connectivity index (χ3n) is 3.42. The second kappa shape index (κ2) is 7.27. The Morgan fingerprint density at radius 1 is 1.04 bits per heavy atom. The van der Waals surface area contributed by atoms with Crippen LogP contribution in [0.4, 0.5) is 0 Å². The molecule has 1 aromatic heterocycles. The lowest BCUT2D eigenvalue weighted by atomic mass is 10.2. The largest absolute Gasteiger partial charge is 0.347 e. The molecule has 0 atom stereocenters. The lowest BCUT2D eigenvalue weighted by molar-refractivity contribution is -0.120. The number of para-hydroxylation sites is 2. The molecule has 0 unspecified atom stereocenters. The second-order valence-corrected chi connectivity index (χ2v) is 5.99. The summed E-state index contributed by atoms with van der Waals surface area (Å²) >= 11 is 3.31. The molecule has 0 aliphatic heterocycles. The fourth-order valence-corrected chi connectivity index (χ4v) is 2.70. The Balaban J connectivity index is 1.51. The molecule has 1 heterocycles. The van der Waals surface area contributed by atoms with Gasteiger partial charge >= 0.3 is 0 Å². The van der Waals surface area contributed by atoms with Crippen molar-refractivity contribution in [3.63, 3.8) is 0 Å². The molecular weight excluding hydrogens is 372 g/mol. The van der Waals surface area contributed by atoms with Gasteiger partial charge in [0.2, 0.25) is 5.91 Å². The predicted octanol–water partition coefficient (Wildman–Crippen LogP) is 2.37. The number of hydrogen-bond donors (Lipinski definition) is 3. The van der Waals surface area contributed by atoms with Gasteiger partial charge in [0.1, 0.15) is 5.82 Å². The Kier molecular flexibility index (Phi) is 4.90. The Labute approximate surface area is 146 Å². The maximum Gasteiger partial charge on any atom is 0.252 e. The lowest BCUT2D eigenvalue weighted by Gasteiger charge is -2.07. The van der Waals surface area contributed by atoms with Crippen molar-refractivity contribution in [3.05, 3.63) is 64.4 Å². The van der Waals surface area contributed by atoms with Crippen molar-refractivity contribution in [3.8, 4) is 0 Å². The zero-order chi connectivity index (χ0) is 16.9. The number of benzene rings is 2. The van der Waals surface area contributed by atoms with Crippen LogP contribution in [0.15, 0.2) is 53.0 Å². The first-order valence-electron chi connectivity index (χ1n) is 7.36. The quantitative estimate of drug-likeness (QED) is 0.628. The number of nitrogens with one attached hydrogen (secondary N) is 3. The van der Waals surface area contributed by atoms with E-state index in [-0.39, 0.29) is 24.9 Å². The van der Waals surface area contributed by atoms with E-state index in [2.05, 4.69) is 36.5 Å². The molecular formula is C17H15BrN4O2.